The molecule has 2 N–H and O–H groups in total. The van der Waals surface area contributed by atoms with Crippen LogP contribution in [0.1, 0.15) is 37.7 Å². The highest BCUT2D eigenvalue weighted by molar-refractivity contribution is 5.83. The molecule has 0 spiro atoms. The van der Waals surface area contributed by atoms with E-state index in [2.05, 4.69) is 12.7 Å². The van der Waals surface area contributed by atoms with Gasteiger partial charge < -0.3 is 15.3 Å². The maximum absolute atomic E-state index is 10.5. The highest BCUT2D eigenvalue weighted by Gasteiger charge is 2.21. The van der Waals surface area contributed by atoms with Crippen LogP contribution in [0.4, 0.5) is 0 Å². The van der Waals surface area contributed by atoms with Crippen LogP contribution in [-0.2, 0) is 11.2 Å². The average molecular weight is 315 g/mol. The first kappa shape index (κ1) is 17.3. The van der Waals surface area contributed by atoms with Crippen LogP contribution in [0.25, 0.3) is 0 Å². The summed E-state index contributed by atoms with van der Waals surface area (Å²) in [4.78, 5) is 10.5. The second-order valence-electron chi connectivity index (χ2n) is 6.34. The Hall–Kier alpha value is -2.10. The summed E-state index contributed by atoms with van der Waals surface area (Å²) in [6.45, 7) is 3.57. The highest BCUT2D eigenvalue weighted by Crippen LogP contribution is 2.32. The Bertz CT molecular complexity index is 550. The Kier molecular flexibility index (Phi) is 6.39. The summed E-state index contributed by atoms with van der Waals surface area (Å²) < 4.78 is 5.11. The van der Waals surface area contributed by atoms with Crippen molar-refractivity contribution in [2.75, 3.05) is 6.61 Å². The summed E-state index contributed by atoms with van der Waals surface area (Å²) in [6.07, 6.45) is 8.43. The van der Waals surface area contributed by atoms with E-state index in [4.69, 9.17) is 15.3 Å². The number of carboxylic acid groups (broad SMARTS) is 1. The van der Waals surface area contributed by atoms with E-state index in [1.165, 1.54) is 19.3 Å². The van der Waals surface area contributed by atoms with E-state index < -0.39 is 5.97 Å². The van der Waals surface area contributed by atoms with Gasteiger partial charge in [-0.1, -0.05) is 31.1 Å². The molecule has 124 valence electrons. The van der Waals surface area contributed by atoms with E-state index >= 15 is 0 Å². The van der Waals surface area contributed by atoms with Crippen molar-refractivity contribution in [1.29, 1.82) is 5.41 Å². The molecule has 0 heterocycles. The van der Waals surface area contributed by atoms with Crippen molar-refractivity contribution in [3.8, 4) is 5.75 Å². The van der Waals surface area contributed by atoms with Crippen molar-refractivity contribution in [2.24, 2.45) is 11.8 Å². The summed E-state index contributed by atoms with van der Waals surface area (Å²) in [5.41, 5.74) is 1.83. The fraction of sp³-hybridized carbons (Fsp3) is 0.474. The minimum absolute atomic E-state index is 0.332. The molecule has 0 saturated heterocycles. The van der Waals surface area contributed by atoms with Crippen molar-refractivity contribution >= 4 is 11.7 Å². The van der Waals surface area contributed by atoms with Crippen molar-refractivity contribution in [1.82, 2.24) is 0 Å². The molecule has 1 aromatic carbocycles. The number of allylic oxidation sites excluding steroid dienone is 1. The number of hydrogen-bond donors (Lipinski definition) is 2. The molecule has 4 heteroatoms. The van der Waals surface area contributed by atoms with Crippen molar-refractivity contribution in [2.45, 2.75) is 38.5 Å². The van der Waals surface area contributed by atoms with Crippen LogP contribution >= 0.6 is 0 Å². The van der Waals surface area contributed by atoms with Gasteiger partial charge in [0, 0.05) is 12.1 Å². The third-order valence-corrected chi connectivity index (χ3v) is 4.39. The first-order chi connectivity index (χ1) is 11.1. The maximum atomic E-state index is 10.5. The Labute approximate surface area is 137 Å². The fourth-order valence-electron chi connectivity index (χ4n) is 3.25. The topological polar surface area (TPSA) is 70.4 Å². The third-order valence-electron chi connectivity index (χ3n) is 4.39. The Balaban J connectivity index is 1.80. The molecule has 1 aromatic rings. The van der Waals surface area contributed by atoms with Crippen LogP contribution in [0.15, 0.2) is 36.9 Å². The normalized spacial score (nSPS) is 20.7. The van der Waals surface area contributed by atoms with Gasteiger partial charge in [-0.05, 0) is 48.8 Å². The summed E-state index contributed by atoms with van der Waals surface area (Å²) in [5.74, 6) is 0.787. The monoisotopic (exact) mass is 315 g/mol. The second kappa shape index (κ2) is 8.51. The average Bonchev–Trinajstić information content (AvgIpc) is 2.54. The molecule has 0 aliphatic heterocycles. The zero-order valence-electron chi connectivity index (χ0n) is 13.5. The summed E-state index contributed by atoms with van der Waals surface area (Å²) >= 11 is 0. The predicted octanol–water partition coefficient (Wildman–Crippen LogP) is 4.09. The molecule has 2 rings (SSSR count). The first-order valence-electron chi connectivity index (χ1n) is 8.19. The number of ether oxygens (including phenoxy) is 1. The number of carboxylic acids is 1. The molecule has 0 aromatic heterocycles. The van der Waals surface area contributed by atoms with E-state index in [0.717, 1.165) is 24.1 Å². The van der Waals surface area contributed by atoms with Crippen LogP contribution in [0, 0.1) is 17.2 Å². The Morgan fingerprint density at radius 1 is 1.35 bits per heavy atom. The smallest absolute Gasteiger partial charge is 0.341 e. The standard InChI is InChI=1S/C19H25NO3/c1-2-14-4-3-5-16(10-14)12-17(20)11-15-6-8-18(9-7-15)23-13-19(21)22/h2,6-9,14,16,20H,1,3-5,10-13H2,(H,21,22). The number of rotatable bonds is 8. The SMILES string of the molecule is C=CC1CCCC(CC(=N)Cc2ccc(OCC(=O)O)cc2)C1. The van der Waals surface area contributed by atoms with Crippen molar-refractivity contribution in [3.05, 3.63) is 42.5 Å². The van der Waals surface area contributed by atoms with Gasteiger partial charge in [-0.3, -0.25) is 0 Å². The lowest BCUT2D eigenvalue weighted by molar-refractivity contribution is -0.139. The zero-order valence-corrected chi connectivity index (χ0v) is 13.5. The van der Waals surface area contributed by atoms with Gasteiger partial charge in [0.2, 0.25) is 0 Å². The van der Waals surface area contributed by atoms with E-state index in [1.54, 1.807) is 12.1 Å². The zero-order chi connectivity index (χ0) is 16.7. The molecule has 2 atom stereocenters. The van der Waals surface area contributed by atoms with Gasteiger partial charge in [0.15, 0.2) is 6.61 Å². The number of benzene rings is 1. The minimum Gasteiger partial charge on any atom is -0.482 e. The van der Waals surface area contributed by atoms with Crippen LogP contribution in [0.5, 0.6) is 5.75 Å². The number of aliphatic carboxylic acids is 1. The molecule has 23 heavy (non-hydrogen) atoms. The van der Waals surface area contributed by atoms with Crippen LogP contribution < -0.4 is 4.74 Å². The molecule has 0 amide bonds. The van der Waals surface area contributed by atoms with E-state index in [-0.39, 0.29) is 6.61 Å². The van der Waals surface area contributed by atoms with E-state index in [1.807, 2.05) is 12.1 Å². The van der Waals surface area contributed by atoms with Crippen molar-refractivity contribution in [3.63, 3.8) is 0 Å². The molecule has 0 bridgehead atoms. The molecule has 1 aliphatic rings. The Morgan fingerprint density at radius 3 is 2.74 bits per heavy atom. The molecule has 2 unspecified atom stereocenters. The minimum atomic E-state index is -0.985. The van der Waals surface area contributed by atoms with Crippen molar-refractivity contribution < 1.29 is 14.6 Å². The summed E-state index contributed by atoms with van der Waals surface area (Å²) in [6, 6.07) is 7.33. The molecular weight excluding hydrogens is 290 g/mol. The number of hydrogen-bond acceptors (Lipinski definition) is 3. The van der Waals surface area contributed by atoms with Crippen LogP contribution in [-0.4, -0.2) is 23.4 Å². The quantitative estimate of drug-likeness (QED) is 0.560. The van der Waals surface area contributed by atoms with Gasteiger partial charge in [-0.2, -0.15) is 0 Å². The first-order valence-corrected chi connectivity index (χ1v) is 8.19. The molecule has 0 radical (unpaired) electrons. The van der Waals surface area contributed by atoms with E-state index in [9.17, 15) is 4.79 Å². The Morgan fingerprint density at radius 2 is 2.09 bits per heavy atom. The lowest BCUT2D eigenvalue weighted by atomic mass is 9.78. The number of carbonyl (C=O) groups is 1. The molecular formula is C19H25NO3. The lowest BCUT2D eigenvalue weighted by Crippen LogP contribution is -2.18. The van der Waals surface area contributed by atoms with Gasteiger partial charge in [0.25, 0.3) is 0 Å². The summed E-state index contributed by atoms with van der Waals surface area (Å²) in [5, 5.41) is 16.8. The maximum Gasteiger partial charge on any atom is 0.341 e. The van der Waals surface area contributed by atoms with Gasteiger partial charge >= 0.3 is 5.97 Å². The third kappa shape index (κ3) is 5.89. The predicted molar refractivity (Wildman–Crippen MR) is 91.3 cm³/mol. The van der Waals surface area contributed by atoms with Crippen LogP contribution in [0.3, 0.4) is 0 Å². The molecule has 4 nitrogen and oxygen atoms in total. The van der Waals surface area contributed by atoms with E-state index in [0.29, 0.717) is 24.0 Å². The van der Waals surface area contributed by atoms with Gasteiger partial charge in [-0.25, -0.2) is 4.79 Å². The largest absolute Gasteiger partial charge is 0.482 e. The second-order valence-corrected chi connectivity index (χ2v) is 6.34. The van der Waals surface area contributed by atoms with Gasteiger partial charge in [0.1, 0.15) is 5.75 Å². The highest BCUT2D eigenvalue weighted by atomic mass is 16.5. The molecule has 1 saturated carbocycles. The number of nitrogens with one attached hydrogen (secondary N) is 1. The van der Waals surface area contributed by atoms with Crippen LogP contribution in [0.2, 0.25) is 0 Å². The lowest BCUT2D eigenvalue weighted by Gasteiger charge is -2.27. The van der Waals surface area contributed by atoms with Gasteiger partial charge in [0.05, 0.1) is 0 Å². The fourth-order valence-corrected chi connectivity index (χ4v) is 3.25. The summed E-state index contributed by atoms with van der Waals surface area (Å²) in [7, 11) is 0. The molecule has 1 aliphatic carbocycles. The molecule has 1 fully saturated rings. The van der Waals surface area contributed by atoms with Gasteiger partial charge in [-0.15, -0.1) is 6.58 Å².